The van der Waals surface area contributed by atoms with Gasteiger partial charge in [-0.2, -0.15) is 0 Å². The first-order valence-corrected chi connectivity index (χ1v) is 3.75. The van der Waals surface area contributed by atoms with Gasteiger partial charge in [0, 0.05) is 0 Å². The third-order valence-corrected chi connectivity index (χ3v) is 1.60. The normalized spacial score (nSPS) is 13.0. The Kier molecular flexibility index (Phi) is 4.28. The number of allylic oxidation sites excluding steroid dienone is 6. The van der Waals surface area contributed by atoms with Crippen LogP contribution in [-0.2, 0) is 0 Å². The van der Waals surface area contributed by atoms with Crippen LogP contribution in [0, 0.1) is 0 Å². The standard InChI is InChI=1S/C11H16/c1-6-8-11(9(3)4)10(5)7-2/h6-8H,1,3H2,2,4-5H3/b10-7-,11-8-. The van der Waals surface area contributed by atoms with E-state index in [1.807, 2.05) is 19.9 Å². The van der Waals surface area contributed by atoms with Crippen LogP contribution in [0.15, 0.2) is 48.1 Å². The predicted octanol–water partition coefficient (Wildman–Crippen LogP) is 3.64. The highest BCUT2D eigenvalue weighted by molar-refractivity contribution is 5.44. The molecule has 60 valence electrons. The molecule has 0 aliphatic rings. The zero-order valence-electron chi connectivity index (χ0n) is 7.65. The van der Waals surface area contributed by atoms with Crippen LogP contribution in [0.25, 0.3) is 0 Å². The molecule has 0 aromatic heterocycles. The van der Waals surface area contributed by atoms with Crippen molar-refractivity contribution in [1.29, 1.82) is 0 Å². The summed E-state index contributed by atoms with van der Waals surface area (Å²) in [5.74, 6) is 0. The van der Waals surface area contributed by atoms with E-state index in [9.17, 15) is 0 Å². The molecule has 0 heteroatoms. The van der Waals surface area contributed by atoms with Gasteiger partial charge >= 0.3 is 0 Å². The van der Waals surface area contributed by atoms with Crippen LogP contribution < -0.4 is 0 Å². The molecule has 0 radical (unpaired) electrons. The lowest BCUT2D eigenvalue weighted by Gasteiger charge is -2.04. The van der Waals surface area contributed by atoms with Crippen LogP contribution >= 0.6 is 0 Å². The summed E-state index contributed by atoms with van der Waals surface area (Å²) >= 11 is 0. The molecule has 0 aromatic rings. The molecule has 0 atom stereocenters. The smallest absolute Gasteiger partial charge is 0.0207 e. The molecule has 0 bridgehead atoms. The molecule has 0 aliphatic carbocycles. The van der Waals surface area contributed by atoms with Crippen molar-refractivity contribution in [2.24, 2.45) is 0 Å². The van der Waals surface area contributed by atoms with E-state index >= 15 is 0 Å². The summed E-state index contributed by atoms with van der Waals surface area (Å²) in [6, 6.07) is 0. The molecule has 0 amide bonds. The van der Waals surface area contributed by atoms with Crippen LogP contribution in [0.2, 0.25) is 0 Å². The van der Waals surface area contributed by atoms with Crippen LogP contribution in [0.4, 0.5) is 0 Å². The molecule has 0 spiro atoms. The van der Waals surface area contributed by atoms with Gasteiger partial charge in [0.25, 0.3) is 0 Å². The minimum Gasteiger partial charge on any atom is -0.0990 e. The summed E-state index contributed by atoms with van der Waals surface area (Å²) < 4.78 is 0. The van der Waals surface area contributed by atoms with Crippen LogP contribution in [0.3, 0.4) is 0 Å². The Morgan fingerprint density at radius 3 is 2.09 bits per heavy atom. The van der Waals surface area contributed by atoms with Crippen LogP contribution in [0.5, 0.6) is 0 Å². The Morgan fingerprint density at radius 1 is 1.27 bits per heavy atom. The van der Waals surface area contributed by atoms with Crippen molar-refractivity contribution in [2.45, 2.75) is 20.8 Å². The first-order chi connectivity index (χ1) is 5.13. The van der Waals surface area contributed by atoms with E-state index < -0.39 is 0 Å². The first kappa shape index (κ1) is 9.96. The van der Waals surface area contributed by atoms with E-state index in [1.54, 1.807) is 6.08 Å². The topological polar surface area (TPSA) is 0 Å². The second-order valence-electron chi connectivity index (χ2n) is 2.57. The lowest BCUT2D eigenvalue weighted by molar-refractivity contribution is 1.32. The van der Waals surface area contributed by atoms with Crippen molar-refractivity contribution in [1.82, 2.24) is 0 Å². The summed E-state index contributed by atoms with van der Waals surface area (Å²) in [4.78, 5) is 0. The van der Waals surface area contributed by atoms with Gasteiger partial charge in [-0.3, -0.25) is 0 Å². The van der Waals surface area contributed by atoms with Crippen molar-refractivity contribution >= 4 is 0 Å². The molecule has 0 heterocycles. The molecule has 0 fully saturated rings. The van der Waals surface area contributed by atoms with Crippen LogP contribution in [0.1, 0.15) is 20.8 Å². The first-order valence-electron chi connectivity index (χ1n) is 3.75. The largest absolute Gasteiger partial charge is 0.0990 e. The Bertz CT molecular complexity index is 214. The third-order valence-electron chi connectivity index (χ3n) is 1.60. The van der Waals surface area contributed by atoms with Crippen molar-refractivity contribution in [2.75, 3.05) is 0 Å². The van der Waals surface area contributed by atoms with Gasteiger partial charge in [0.2, 0.25) is 0 Å². The molecule has 0 aromatic carbocycles. The number of hydrogen-bond donors (Lipinski definition) is 0. The Labute approximate surface area is 69.6 Å². The molecule has 0 aliphatic heterocycles. The maximum atomic E-state index is 3.89. The van der Waals surface area contributed by atoms with E-state index in [0.717, 1.165) is 5.57 Å². The van der Waals surface area contributed by atoms with E-state index in [2.05, 4.69) is 26.2 Å². The fourth-order valence-electron chi connectivity index (χ4n) is 0.884. The van der Waals surface area contributed by atoms with E-state index in [0.29, 0.717) is 0 Å². The third kappa shape index (κ3) is 3.03. The molecular weight excluding hydrogens is 132 g/mol. The van der Waals surface area contributed by atoms with Gasteiger partial charge in [0.15, 0.2) is 0 Å². The quantitative estimate of drug-likeness (QED) is 0.536. The highest BCUT2D eigenvalue weighted by Gasteiger charge is 1.96. The second-order valence-corrected chi connectivity index (χ2v) is 2.57. The SMILES string of the molecule is C=C/C=C(C(=C)C)\C(C)=C/C. The minimum atomic E-state index is 1.08. The van der Waals surface area contributed by atoms with E-state index in [-0.39, 0.29) is 0 Å². The van der Waals surface area contributed by atoms with Gasteiger partial charge in [-0.05, 0) is 31.9 Å². The van der Waals surface area contributed by atoms with Crippen LogP contribution in [-0.4, -0.2) is 0 Å². The zero-order chi connectivity index (χ0) is 8.85. The number of hydrogen-bond acceptors (Lipinski definition) is 0. The average molecular weight is 148 g/mol. The summed E-state index contributed by atoms with van der Waals surface area (Å²) in [7, 11) is 0. The number of rotatable bonds is 3. The van der Waals surface area contributed by atoms with Crippen molar-refractivity contribution in [3.8, 4) is 0 Å². The highest BCUT2D eigenvalue weighted by atomic mass is 14.0. The lowest BCUT2D eigenvalue weighted by Crippen LogP contribution is -1.85. The molecule has 0 unspecified atom stereocenters. The summed E-state index contributed by atoms with van der Waals surface area (Å²) in [5.41, 5.74) is 3.51. The molecule has 0 N–H and O–H groups in total. The van der Waals surface area contributed by atoms with Gasteiger partial charge in [-0.1, -0.05) is 37.0 Å². The monoisotopic (exact) mass is 148 g/mol. The van der Waals surface area contributed by atoms with Crippen molar-refractivity contribution < 1.29 is 0 Å². The zero-order valence-corrected chi connectivity index (χ0v) is 7.65. The Balaban J connectivity index is 4.76. The molecule has 0 saturated carbocycles. The molecular formula is C11H16. The average Bonchev–Trinajstić information content (AvgIpc) is 1.98. The maximum absolute atomic E-state index is 3.89. The second kappa shape index (κ2) is 4.73. The van der Waals surface area contributed by atoms with Gasteiger partial charge in [0.1, 0.15) is 0 Å². The minimum absolute atomic E-state index is 1.08. The fourth-order valence-corrected chi connectivity index (χ4v) is 0.884. The van der Waals surface area contributed by atoms with Crippen molar-refractivity contribution in [3.05, 3.63) is 48.1 Å². The van der Waals surface area contributed by atoms with Crippen molar-refractivity contribution in [3.63, 3.8) is 0 Å². The summed E-state index contributed by atoms with van der Waals surface area (Å²) in [6.07, 6.45) is 5.85. The molecule has 0 saturated heterocycles. The van der Waals surface area contributed by atoms with E-state index in [4.69, 9.17) is 0 Å². The van der Waals surface area contributed by atoms with Gasteiger partial charge in [0.05, 0.1) is 0 Å². The summed E-state index contributed by atoms with van der Waals surface area (Å²) in [6.45, 7) is 13.6. The lowest BCUT2D eigenvalue weighted by atomic mass is 10.0. The van der Waals surface area contributed by atoms with Gasteiger partial charge in [-0.15, -0.1) is 0 Å². The highest BCUT2D eigenvalue weighted by Crippen LogP contribution is 2.16. The Hall–Kier alpha value is -1.04. The van der Waals surface area contributed by atoms with E-state index in [1.165, 1.54) is 11.1 Å². The summed E-state index contributed by atoms with van der Waals surface area (Å²) in [5, 5.41) is 0. The van der Waals surface area contributed by atoms with Gasteiger partial charge in [-0.25, -0.2) is 0 Å². The predicted molar refractivity (Wildman–Crippen MR) is 52.5 cm³/mol. The fraction of sp³-hybridized carbons (Fsp3) is 0.273. The maximum Gasteiger partial charge on any atom is -0.0207 e. The molecule has 0 nitrogen and oxygen atoms in total. The molecule has 11 heavy (non-hydrogen) atoms. The Morgan fingerprint density at radius 2 is 1.82 bits per heavy atom. The molecule has 0 rings (SSSR count). The van der Waals surface area contributed by atoms with Gasteiger partial charge < -0.3 is 0 Å².